The molecule has 0 radical (unpaired) electrons. The van der Waals surface area contributed by atoms with E-state index in [9.17, 15) is 22.8 Å². The number of imide groups is 1. The van der Waals surface area contributed by atoms with Crippen molar-refractivity contribution in [3.05, 3.63) is 11.6 Å². The molecular formula is C10H11N5O6S. The van der Waals surface area contributed by atoms with Gasteiger partial charge in [0.2, 0.25) is 11.8 Å². The van der Waals surface area contributed by atoms with Crippen LogP contribution in [0.5, 0.6) is 0 Å². The van der Waals surface area contributed by atoms with Crippen LogP contribution in [0.4, 0.5) is 11.6 Å². The van der Waals surface area contributed by atoms with Gasteiger partial charge in [-0.1, -0.05) is 0 Å². The number of hydrogen-bond acceptors (Lipinski definition) is 8. The topological polar surface area (TPSA) is 186 Å². The summed E-state index contributed by atoms with van der Waals surface area (Å²) in [4.78, 5) is 38.4. The minimum absolute atomic E-state index is 0.0792. The molecule has 1 saturated heterocycles. The molecule has 118 valence electrons. The third-order valence-electron chi connectivity index (χ3n) is 2.91. The molecule has 0 spiro atoms. The molecule has 0 aliphatic carbocycles. The van der Waals surface area contributed by atoms with Crippen LogP contribution in [-0.2, 0) is 19.7 Å². The smallest absolute Gasteiger partial charge is 0.298 e. The lowest BCUT2D eigenvalue weighted by atomic mass is 10.2. The van der Waals surface area contributed by atoms with Crippen LogP contribution in [0.3, 0.4) is 0 Å². The van der Waals surface area contributed by atoms with Gasteiger partial charge in [-0.25, -0.2) is 15.7 Å². The van der Waals surface area contributed by atoms with Gasteiger partial charge in [-0.15, -0.1) is 0 Å². The summed E-state index contributed by atoms with van der Waals surface area (Å²) in [7, 11) is -4.77. The van der Waals surface area contributed by atoms with Crippen LogP contribution in [0.1, 0.15) is 23.2 Å². The minimum atomic E-state index is -4.77. The number of anilines is 2. The van der Waals surface area contributed by atoms with E-state index in [1.165, 1.54) is 0 Å². The van der Waals surface area contributed by atoms with Crippen molar-refractivity contribution in [1.82, 2.24) is 4.98 Å². The lowest BCUT2D eigenvalue weighted by Gasteiger charge is -2.18. The summed E-state index contributed by atoms with van der Waals surface area (Å²) >= 11 is 0. The Bertz CT molecular complexity index is 773. The molecule has 0 saturated carbocycles. The van der Waals surface area contributed by atoms with Gasteiger partial charge in [-0.3, -0.25) is 18.9 Å². The van der Waals surface area contributed by atoms with E-state index in [-0.39, 0.29) is 12.8 Å². The number of nitrogens with one attached hydrogen (secondary N) is 1. The molecule has 1 fully saturated rings. The maximum absolute atomic E-state index is 11.7. The largest absolute Gasteiger partial charge is 0.365 e. The molecule has 1 aliphatic rings. The number of rotatable bonds is 4. The van der Waals surface area contributed by atoms with Crippen LogP contribution in [0.2, 0.25) is 0 Å². The third kappa shape index (κ3) is 2.61. The summed E-state index contributed by atoms with van der Waals surface area (Å²) in [5.41, 5.74) is 6.51. The van der Waals surface area contributed by atoms with E-state index in [0.717, 1.165) is 0 Å². The number of pyridine rings is 1. The average Bonchev–Trinajstić information content (AvgIpc) is 2.75. The van der Waals surface area contributed by atoms with Gasteiger partial charge in [-0.05, 0) is 6.07 Å². The lowest BCUT2D eigenvalue weighted by Crippen LogP contribution is -2.33. The first-order chi connectivity index (χ1) is 10.2. The van der Waals surface area contributed by atoms with E-state index in [0.29, 0.717) is 11.0 Å². The van der Waals surface area contributed by atoms with Gasteiger partial charge in [-0.2, -0.15) is 8.42 Å². The van der Waals surface area contributed by atoms with Gasteiger partial charge >= 0.3 is 0 Å². The summed E-state index contributed by atoms with van der Waals surface area (Å²) in [6.45, 7) is 0. The van der Waals surface area contributed by atoms with Crippen molar-refractivity contribution in [2.24, 2.45) is 11.6 Å². The number of aromatic nitrogens is 1. The number of nitrogens with zero attached hydrogens (tertiary/aromatic N) is 2. The Balaban J connectivity index is 2.76. The molecule has 6 N–H and O–H groups in total. The number of carbonyl (C=O) groups is 3. The van der Waals surface area contributed by atoms with Gasteiger partial charge in [0, 0.05) is 12.8 Å². The van der Waals surface area contributed by atoms with Crippen LogP contribution < -0.4 is 21.9 Å². The van der Waals surface area contributed by atoms with Crippen molar-refractivity contribution in [3.8, 4) is 0 Å². The highest BCUT2D eigenvalue weighted by atomic mass is 32.2. The molecule has 22 heavy (non-hydrogen) atoms. The van der Waals surface area contributed by atoms with Gasteiger partial charge in [0.05, 0.1) is 5.56 Å². The molecule has 0 unspecified atom stereocenters. The monoisotopic (exact) mass is 329 g/mol. The lowest BCUT2D eigenvalue weighted by molar-refractivity contribution is -0.121. The first kappa shape index (κ1) is 15.8. The zero-order chi connectivity index (χ0) is 16.7. The van der Waals surface area contributed by atoms with Crippen LogP contribution in [0.15, 0.2) is 11.0 Å². The maximum Gasteiger partial charge on any atom is 0.298 e. The molecule has 0 atom stereocenters. The van der Waals surface area contributed by atoms with E-state index in [1.54, 1.807) is 0 Å². The normalized spacial score (nSPS) is 15.3. The zero-order valence-electron chi connectivity index (χ0n) is 10.9. The second kappa shape index (κ2) is 5.32. The van der Waals surface area contributed by atoms with E-state index in [2.05, 4.69) is 4.98 Å². The quantitative estimate of drug-likeness (QED) is 0.217. The first-order valence-corrected chi connectivity index (χ1v) is 7.25. The van der Waals surface area contributed by atoms with Crippen molar-refractivity contribution in [1.29, 1.82) is 0 Å². The Kier molecular flexibility index (Phi) is 3.83. The molecular weight excluding hydrogens is 318 g/mol. The number of nitrogens with two attached hydrogens (primary N) is 2. The van der Waals surface area contributed by atoms with E-state index in [4.69, 9.17) is 16.1 Å². The van der Waals surface area contributed by atoms with Crippen LogP contribution in [-0.4, -0.2) is 35.7 Å². The number of nitrogen functional groups attached to an aromatic ring is 1. The summed E-state index contributed by atoms with van der Waals surface area (Å²) in [5.74, 6) is 1.75. The summed E-state index contributed by atoms with van der Waals surface area (Å²) in [6.07, 6.45) is -0.158. The van der Waals surface area contributed by atoms with Crippen LogP contribution in [0, 0.1) is 0 Å². The molecule has 12 heteroatoms. The molecule has 2 heterocycles. The number of primary amides is 1. The second-order valence-corrected chi connectivity index (χ2v) is 5.70. The Labute approximate surface area is 124 Å². The summed E-state index contributed by atoms with van der Waals surface area (Å²) in [6, 6.07) is 0.689. The van der Waals surface area contributed by atoms with Gasteiger partial charge < -0.3 is 11.2 Å². The maximum atomic E-state index is 11.7. The Morgan fingerprint density at radius 2 is 1.86 bits per heavy atom. The third-order valence-corrected chi connectivity index (χ3v) is 3.78. The number of hydrazine groups is 1. The van der Waals surface area contributed by atoms with Crippen LogP contribution >= 0.6 is 0 Å². The Morgan fingerprint density at radius 1 is 1.32 bits per heavy atom. The molecule has 0 bridgehead atoms. The summed E-state index contributed by atoms with van der Waals surface area (Å²) < 4.78 is 31.6. The number of hydrogen-bond donors (Lipinski definition) is 4. The molecule has 3 amide bonds. The standard InChI is InChI=1S/C10H11N5O6S/c11-8(18)4-3-5(22(19,20)21)9(14-12)13-10(4)15-6(16)1-2-7(15)17/h3H,1-2,12H2,(H2,11,18)(H,13,14)(H,19,20,21). The molecule has 0 aromatic carbocycles. The van der Waals surface area contributed by atoms with E-state index in [1.807, 2.05) is 5.43 Å². The fourth-order valence-corrected chi connectivity index (χ4v) is 2.57. The van der Waals surface area contributed by atoms with E-state index >= 15 is 0 Å². The average molecular weight is 329 g/mol. The molecule has 1 aromatic heterocycles. The minimum Gasteiger partial charge on any atom is -0.365 e. The van der Waals surface area contributed by atoms with Crippen molar-refractivity contribution >= 4 is 39.5 Å². The molecule has 11 nitrogen and oxygen atoms in total. The van der Waals surface area contributed by atoms with Crippen molar-refractivity contribution in [2.75, 3.05) is 10.3 Å². The molecule has 1 aliphatic heterocycles. The predicted molar refractivity (Wildman–Crippen MR) is 72.1 cm³/mol. The van der Waals surface area contributed by atoms with Crippen molar-refractivity contribution in [2.45, 2.75) is 17.7 Å². The Hall–Kier alpha value is -2.57. The molecule has 2 rings (SSSR count). The molecule has 1 aromatic rings. The fraction of sp³-hybridized carbons (Fsp3) is 0.200. The highest BCUT2D eigenvalue weighted by Crippen LogP contribution is 2.30. The van der Waals surface area contributed by atoms with Crippen molar-refractivity contribution in [3.63, 3.8) is 0 Å². The fourth-order valence-electron chi connectivity index (χ4n) is 1.95. The highest BCUT2D eigenvalue weighted by Gasteiger charge is 2.35. The summed E-state index contributed by atoms with van der Waals surface area (Å²) in [5, 5.41) is 0. The Morgan fingerprint density at radius 3 is 2.27 bits per heavy atom. The zero-order valence-corrected chi connectivity index (χ0v) is 11.8. The SMILES string of the molecule is NNc1nc(N2C(=O)CCC2=O)c(C(N)=O)cc1S(=O)(=O)O. The first-order valence-electron chi connectivity index (χ1n) is 5.81. The predicted octanol–water partition coefficient (Wildman–Crippen LogP) is -1.63. The number of amides is 3. The van der Waals surface area contributed by atoms with Gasteiger partial charge in [0.15, 0.2) is 11.6 Å². The van der Waals surface area contributed by atoms with Crippen molar-refractivity contribution < 1.29 is 27.4 Å². The number of carbonyl (C=O) groups excluding carboxylic acids is 3. The second-order valence-electron chi connectivity index (χ2n) is 4.31. The highest BCUT2D eigenvalue weighted by molar-refractivity contribution is 7.86. The van der Waals surface area contributed by atoms with Gasteiger partial charge in [0.25, 0.3) is 16.0 Å². The van der Waals surface area contributed by atoms with Crippen LogP contribution in [0.25, 0.3) is 0 Å². The van der Waals surface area contributed by atoms with E-state index < -0.39 is 49.9 Å². The van der Waals surface area contributed by atoms with Gasteiger partial charge in [0.1, 0.15) is 4.90 Å².